The molecule has 2 heterocycles. The van der Waals surface area contributed by atoms with Gasteiger partial charge in [-0.1, -0.05) is 0 Å². The van der Waals surface area contributed by atoms with E-state index < -0.39 is 11.1 Å². The number of nitro benzene ring substituents is 1. The summed E-state index contributed by atoms with van der Waals surface area (Å²) in [6.07, 6.45) is 1.96. The fourth-order valence-electron chi connectivity index (χ4n) is 3.86. The van der Waals surface area contributed by atoms with E-state index in [1.165, 1.54) is 7.11 Å². The maximum Gasteiger partial charge on any atom is 0.311 e. The molecule has 0 N–H and O–H groups in total. The van der Waals surface area contributed by atoms with Crippen molar-refractivity contribution in [1.82, 2.24) is 4.90 Å². The summed E-state index contributed by atoms with van der Waals surface area (Å²) in [5, 5.41) is 11.1. The summed E-state index contributed by atoms with van der Waals surface area (Å²) in [6, 6.07) is 3.79. The Kier molecular flexibility index (Phi) is 4.89. The van der Waals surface area contributed by atoms with Crippen molar-refractivity contribution in [3.63, 3.8) is 0 Å². The molecular formula is C17H24FN3O3. The smallest absolute Gasteiger partial charge is 0.311 e. The molecule has 132 valence electrons. The van der Waals surface area contributed by atoms with E-state index in [4.69, 9.17) is 4.74 Å². The summed E-state index contributed by atoms with van der Waals surface area (Å²) in [5.74, 6) is 0.294. The number of anilines is 1. The molecule has 2 saturated heterocycles. The van der Waals surface area contributed by atoms with Gasteiger partial charge in [0, 0.05) is 50.0 Å². The van der Waals surface area contributed by atoms with Crippen LogP contribution in [0.4, 0.5) is 15.8 Å². The van der Waals surface area contributed by atoms with E-state index in [1.54, 1.807) is 12.1 Å². The molecule has 0 bridgehead atoms. The van der Waals surface area contributed by atoms with Crippen molar-refractivity contribution < 1.29 is 14.1 Å². The summed E-state index contributed by atoms with van der Waals surface area (Å²) in [7, 11) is 1.45. The first-order valence-electron chi connectivity index (χ1n) is 8.45. The number of alkyl halides is 1. The highest BCUT2D eigenvalue weighted by atomic mass is 19.1. The van der Waals surface area contributed by atoms with Gasteiger partial charge in [-0.15, -0.1) is 0 Å². The van der Waals surface area contributed by atoms with Gasteiger partial charge in [0.2, 0.25) is 0 Å². The van der Waals surface area contributed by atoms with E-state index in [0.29, 0.717) is 24.8 Å². The van der Waals surface area contributed by atoms with Crippen LogP contribution in [0.1, 0.15) is 24.8 Å². The summed E-state index contributed by atoms with van der Waals surface area (Å²) < 4.78 is 18.6. The molecule has 24 heavy (non-hydrogen) atoms. The monoisotopic (exact) mass is 337 g/mol. The molecule has 0 spiro atoms. The number of halogens is 1. The number of piperidine rings is 1. The van der Waals surface area contributed by atoms with Crippen LogP contribution in [0.25, 0.3) is 0 Å². The Balaban J connectivity index is 1.71. The Morgan fingerprint density at radius 3 is 2.50 bits per heavy atom. The summed E-state index contributed by atoms with van der Waals surface area (Å²) in [4.78, 5) is 15.2. The van der Waals surface area contributed by atoms with Crippen LogP contribution in [0.15, 0.2) is 12.1 Å². The standard InChI is InChI=1S/C17H24FN3O3/c1-12-9-16(21(22)23)17(24-2)10-15(12)19-7-4-14(5-8-19)20-6-3-13(18)11-20/h9-10,13-14H,3-8,11H2,1-2H3. The van der Waals surface area contributed by atoms with E-state index >= 15 is 0 Å². The number of nitrogens with zero attached hydrogens (tertiary/aromatic N) is 3. The lowest BCUT2D eigenvalue weighted by Gasteiger charge is -2.38. The molecule has 2 aliphatic rings. The largest absolute Gasteiger partial charge is 0.490 e. The molecule has 0 radical (unpaired) electrons. The average Bonchev–Trinajstić information content (AvgIpc) is 3.01. The number of methoxy groups -OCH3 is 1. The van der Waals surface area contributed by atoms with Gasteiger partial charge in [0.05, 0.1) is 12.0 Å². The third-order valence-electron chi connectivity index (χ3n) is 5.18. The molecule has 0 amide bonds. The van der Waals surface area contributed by atoms with Crippen molar-refractivity contribution >= 4 is 11.4 Å². The Bertz CT molecular complexity index is 617. The van der Waals surface area contributed by atoms with Crippen molar-refractivity contribution in [2.24, 2.45) is 0 Å². The SMILES string of the molecule is COc1cc(N2CCC(N3CCC(F)C3)CC2)c(C)cc1[N+](=O)[O-]. The van der Waals surface area contributed by atoms with Gasteiger partial charge in [-0.25, -0.2) is 4.39 Å². The zero-order valence-corrected chi connectivity index (χ0v) is 14.2. The van der Waals surface area contributed by atoms with Gasteiger partial charge in [-0.3, -0.25) is 15.0 Å². The van der Waals surface area contributed by atoms with Crippen LogP contribution in [0, 0.1) is 17.0 Å². The van der Waals surface area contributed by atoms with Crippen LogP contribution < -0.4 is 9.64 Å². The fraction of sp³-hybridized carbons (Fsp3) is 0.647. The van der Waals surface area contributed by atoms with E-state index in [-0.39, 0.29) is 5.69 Å². The van der Waals surface area contributed by atoms with Crippen molar-refractivity contribution in [2.75, 3.05) is 38.2 Å². The minimum absolute atomic E-state index is 0.000287. The van der Waals surface area contributed by atoms with Crippen molar-refractivity contribution in [3.05, 3.63) is 27.8 Å². The van der Waals surface area contributed by atoms with Gasteiger partial charge < -0.3 is 9.64 Å². The molecule has 1 aromatic rings. The molecule has 6 nitrogen and oxygen atoms in total. The number of rotatable bonds is 4. The van der Waals surface area contributed by atoms with Crippen molar-refractivity contribution in [3.8, 4) is 5.75 Å². The first-order chi connectivity index (χ1) is 11.5. The number of ether oxygens (including phenoxy) is 1. The van der Waals surface area contributed by atoms with Gasteiger partial charge in [0.1, 0.15) is 6.17 Å². The molecule has 0 aromatic heterocycles. The molecule has 7 heteroatoms. The average molecular weight is 337 g/mol. The summed E-state index contributed by atoms with van der Waals surface area (Å²) in [6.45, 7) is 5.06. The first kappa shape index (κ1) is 17.0. The topological polar surface area (TPSA) is 58.8 Å². The Morgan fingerprint density at radius 1 is 1.25 bits per heavy atom. The molecular weight excluding hydrogens is 313 g/mol. The second kappa shape index (κ2) is 6.93. The van der Waals surface area contributed by atoms with Crippen LogP contribution in [0.2, 0.25) is 0 Å². The van der Waals surface area contributed by atoms with Gasteiger partial charge in [-0.05, 0) is 31.7 Å². The molecule has 1 aromatic carbocycles. The minimum Gasteiger partial charge on any atom is -0.490 e. The van der Waals surface area contributed by atoms with Gasteiger partial charge in [0.15, 0.2) is 5.75 Å². The number of aryl methyl sites for hydroxylation is 1. The lowest BCUT2D eigenvalue weighted by molar-refractivity contribution is -0.385. The molecule has 0 aliphatic carbocycles. The maximum atomic E-state index is 13.4. The molecule has 1 atom stereocenters. The second-order valence-electron chi connectivity index (χ2n) is 6.67. The van der Waals surface area contributed by atoms with E-state index in [2.05, 4.69) is 9.80 Å². The van der Waals surface area contributed by atoms with Crippen LogP contribution in [0.3, 0.4) is 0 Å². The van der Waals surface area contributed by atoms with Gasteiger partial charge >= 0.3 is 5.69 Å². The van der Waals surface area contributed by atoms with Crippen molar-refractivity contribution in [1.29, 1.82) is 0 Å². The fourth-order valence-corrected chi connectivity index (χ4v) is 3.86. The van der Waals surface area contributed by atoms with Crippen molar-refractivity contribution in [2.45, 2.75) is 38.4 Å². The highest BCUT2D eigenvalue weighted by molar-refractivity contribution is 5.64. The predicted octanol–water partition coefficient (Wildman–Crippen LogP) is 2.92. The quantitative estimate of drug-likeness (QED) is 0.624. The van der Waals surface area contributed by atoms with E-state index in [1.807, 2.05) is 6.92 Å². The van der Waals surface area contributed by atoms with Gasteiger partial charge in [0.25, 0.3) is 0 Å². The first-order valence-corrected chi connectivity index (χ1v) is 8.45. The molecule has 2 fully saturated rings. The normalized spacial score (nSPS) is 22.8. The maximum absolute atomic E-state index is 13.4. The van der Waals surface area contributed by atoms with Crippen LogP contribution in [-0.2, 0) is 0 Å². The Labute approximate surface area is 141 Å². The zero-order chi connectivity index (χ0) is 17.3. The Morgan fingerprint density at radius 2 is 1.96 bits per heavy atom. The highest BCUT2D eigenvalue weighted by Gasteiger charge is 2.31. The highest BCUT2D eigenvalue weighted by Crippen LogP contribution is 2.36. The third kappa shape index (κ3) is 3.31. The van der Waals surface area contributed by atoms with E-state index in [0.717, 1.165) is 43.7 Å². The van der Waals surface area contributed by atoms with Crippen LogP contribution in [0.5, 0.6) is 5.75 Å². The van der Waals surface area contributed by atoms with Gasteiger partial charge in [-0.2, -0.15) is 0 Å². The third-order valence-corrected chi connectivity index (χ3v) is 5.18. The molecule has 1 unspecified atom stereocenters. The molecule has 3 rings (SSSR count). The Hall–Kier alpha value is -1.89. The lowest BCUT2D eigenvalue weighted by Crippen LogP contribution is -2.44. The lowest BCUT2D eigenvalue weighted by atomic mass is 10.0. The summed E-state index contributed by atoms with van der Waals surface area (Å²) >= 11 is 0. The molecule has 2 aliphatic heterocycles. The number of hydrogen-bond acceptors (Lipinski definition) is 5. The minimum atomic E-state index is -0.677. The summed E-state index contributed by atoms with van der Waals surface area (Å²) in [5.41, 5.74) is 1.87. The van der Waals surface area contributed by atoms with E-state index in [9.17, 15) is 14.5 Å². The zero-order valence-electron chi connectivity index (χ0n) is 14.2. The van der Waals surface area contributed by atoms with Crippen LogP contribution >= 0.6 is 0 Å². The molecule has 0 saturated carbocycles. The van der Waals surface area contributed by atoms with Crippen LogP contribution in [-0.4, -0.2) is 55.3 Å². The number of nitro groups is 1. The number of benzene rings is 1. The number of likely N-dealkylation sites (tertiary alicyclic amines) is 1. The second-order valence-corrected chi connectivity index (χ2v) is 6.67. The number of hydrogen-bond donors (Lipinski definition) is 0. The predicted molar refractivity (Wildman–Crippen MR) is 90.7 cm³/mol.